The van der Waals surface area contributed by atoms with Gasteiger partial charge in [-0.1, -0.05) is 0 Å². The van der Waals surface area contributed by atoms with Crippen LogP contribution in [0.5, 0.6) is 0 Å². The predicted octanol–water partition coefficient (Wildman–Crippen LogP) is 0.921. The number of nitrogens with two attached hydrogens (primary N) is 1. The Labute approximate surface area is 154 Å². The van der Waals surface area contributed by atoms with Gasteiger partial charge in [-0.25, -0.2) is 0 Å². The summed E-state index contributed by atoms with van der Waals surface area (Å²) in [5, 5.41) is 2.96. The van der Waals surface area contributed by atoms with E-state index in [4.69, 9.17) is 5.73 Å². The van der Waals surface area contributed by atoms with Crippen LogP contribution < -0.4 is 11.1 Å². The number of nitrogens with one attached hydrogen (secondary N) is 1. The van der Waals surface area contributed by atoms with E-state index in [0.29, 0.717) is 19.5 Å². The molecule has 0 bridgehead atoms. The number of carbonyl (C=O) groups excluding carboxylic acids is 4. The summed E-state index contributed by atoms with van der Waals surface area (Å²) in [6.45, 7) is 2.55. The molecule has 7 heteroatoms. The molecule has 1 heterocycles. The second kappa shape index (κ2) is 9.62. The zero-order chi connectivity index (χ0) is 19.1. The largest absolute Gasteiger partial charge is 0.356 e. The molecule has 0 saturated heterocycles. The summed E-state index contributed by atoms with van der Waals surface area (Å²) in [6.07, 6.45) is 8.18. The van der Waals surface area contributed by atoms with Gasteiger partial charge in [-0.3, -0.25) is 24.1 Å². The van der Waals surface area contributed by atoms with Crippen molar-refractivity contribution >= 4 is 23.5 Å². The Bertz CT molecular complexity index is 561. The van der Waals surface area contributed by atoms with Crippen LogP contribution in [-0.2, 0) is 19.2 Å². The molecule has 0 aromatic rings. The van der Waals surface area contributed by atoms with Gasteiger partial charge in [0.1, 0.15) is 5.78 Å². The van der Waals surface area contributed by atoms with Crippen LogP contribution in [-0.4, -0.2) is 47.5 Å². The Kier molecular flexibility index (Phi) is 7.50. The van der Waals surface area contributed by atoms with Crippen molar-refractivity contribution in [1.82, 2.24) is 10.2 Å². The van der Waals surface area contributed by atoms with Crippen LogP contribution in [0.25, 0.3) is 0 Å². The lowest BCUT2D eigenvalue weighted by Crippen LogP contribution is -2.38. The number of Topliss-reactive ketones (excluding diaryl/α,β-unsaturated/α-hetero) is 1. The highest BCUT2D eigenvalue weighted by molar-refractivity contribution is 6.12. The lowest BCUT2D eigenvalue weighted by Gasteiger charge is -2.30. The molecule has 3 amide bonds. The molecule has 2 aliphatic rings. The highest BCUT2D eigenvalue weighted by Crippen LogP contribution is 2.30. The molecule has 0 aromatic heterocycles. The molecular formula is C19H29N3O4. The van der Waals surface area contributed by atoms with E-state index < -0.39 is 6.04 Å². The first kappa shape index (κ1) is 20.3. The van der Waals surface area contributed by atoms with Gasteiger partial charge in [0, 0.05) is 31.2 Å². The molecule has 7 nitrogen and oxygen atoms in total. The molecule has 2 rings (SSSR count). The minimum atomic E-state index is -0.398. The van der Waals surface area contributed by atoms with Gasteiger partial charge >= 0.3 is 0 Å². The molecule has 1 aliphatic carbocycles. The molecule has 1 saturated carbocycles. The highest BCUT2D eigenvalue weighted by Gasteiger charge is 2.31. The maximum Gasteiger partial charge on any atom is 0.253 e. The van der Waals surface area contributed by atoms with Crippen LogP contribution in [0.3, 0.4) is 0 Å². The van der Waals surface area contributed by atoms with E-state index in [2.05, 4.69) is 5.32 Å². The molecule has 26 heavy (non-hydrogen) atoms. The smallest absolute Gasteiger partial charge is 0.253 e. The third-order valence-corrected chi connectivity index (χ3v) is 5.32. The SMILES string of the molecule is CC(=O)C(N)CCCCNC(=O)C1CCC(CN2C(=O)C=CC2=O)CC1. The Hall–Kier alpha value is -2.02. The zero-order valence-electron chi connectivity index (χ0n) is 15.4. The predicted molar refractivity (Wildman–Crippen MR) is 96.8 cm³/mol. The van der Waals surface area contributed by atoms with Gasteiger partial charge in [-0.05, 0) is 57.8 Å². The summed E-state index contributed by atoms with van der Waals surface area (Å²) < 4.78 is 0. The number of imide groups is 1. The Balaban J connectivity index is 1.60. The Morgan fingerprint density at radius 1 is 1.15 bits per heavy atom. The molecule has 0 spiro atoms. The second-order valence-electron chi connectivity index (χ2n) is 7.34. The van der Waals surface area contributed by atoms with Crippen LogP contribution in [0.4, 0.5) is 0 Å². The van der Waals surface area contributed by atoms with E-state index in [9.17, 15) is 19.2 Å². The van der Waals surface area contributed by atoms with Crippen LogP contribution in [0.2, 0.25) is 0 Å². The number of ketones is 1. The Morgan fingerprint density at radius 3 is 2.35 bits per heavy atom. The first-order valence-electron chi connectivity index (χ1n) is 9.45. The van der Waals surface area contributed by atoms with Crippen molar-refractivity contribution in [2.75, 3.05) is 13.1 Å². The third-order valence-electron chi connectivity index (χ3n) is 5.32. The fourth-order valence-corrected chi connectivity index (χ4v) is 3.52. The summed E-state index contributed by atoms with van der Waals surface area (Å²) in [4.78, 5) is 47.8. The summed E-state index contributed by atoms with van der Waals surface area (Å²) >= 11 is 0. The molecule has 0 radical (unpaired) electrons. The van der Waals surface area contributed by atoms with Crippen molar-refractivity contribution in [3.8, 4) is 0 Å². The molecular weight excluding hydrogens is 334 g/mol. The first-order chi connectivity index (χ1) is 12.4. The molecule has 0 aromatic carbocycles. The average Bonchev–Trinajstić information content (AvgIpc) is 2.93. The molecule has 3 N–H and O–H groups in total. The summed E-state index contributed by atoms with van der Waals surface area (Å²) in [5.74, 6) is -0.110. The third kappa shape index (κ3) is 5.76. The van der Waals surface area contributed by atoms with E-state index in [0.717, 1.165) is 38.5 Å². The highest BCUT2D eigenvalue weighted by atomic mass is 16.2. The van der Waals surface area contributed by atoms with Crippen molar-refractivity contribution in [2.45, 2.75) is 57.9 Å². The van der Waals surface area contributed by atoms with Crippen molar-refractivity contribution in [3.05, 3.63) is 12.2 Å². The standard InChI is InChI=1S/C19H29N3O4/c1-13(23)16(20)4-2-3-11-21-19(26)15-7-5-14(6-8-15)12-22-17(24)9-10-18(22)25/h9-10,14-16H,2-8,11-12,20H2,1H3,(H,21,26). The van der Waals surface area contributed by atoms with Crippen molar-refractivity contribution in [3.63, 3.8) is 0 Å². The maximum absolute atomic E-state index is 12.2. The van der Waals surface area contributed by atoms with Gasteiger partial charge in [-0.2, -0.15) is 0 Å². The topological polar surface area (TPSA) is 110 Å². The number of carbonyl (C=O) groups is 4. The van der Waals surface area contributed by atoms with E-state index in [-0.39, 0.29) is 35.3 Å². The average molecular weight is 363 g/mol. The van der Waals surface area contributed by atoms with Crippen LogP contribution in [0, 0.1) is 11.8 Å². The van der Waals surface area contributed by atoms with Crippen LogP contribution in [0.15, 0.2) is 12.2 Å². The number of nitrogens with zero attached hydrogens (tertiary/aromatic N) is 1. The van der Waals surface area contributed by atoms with Crippen molar-refractivity contribution < 1.29 is 19.2 Å². The lowest BCUT2D eigenvalue weighted by molar-refractivity contribution is -0.138. The monoisotopic (exact) mass is 363 g/mol. The van der Waals surface area contributed by atoms with Gasteiger partial charge in [0.25, 0.3) is 11.8 Å². The second-order valence-corrected chi connectivity index (χ2v) is 7.34. The van der Waals surface area contributed by atoms with Gasteiger partial charge in [0.05, 0.1) is 6.04 Å². The van der Waals surface area contributed by atoms with Crippen molar-refractivity contribution in [2.24, 2.45) is 17.6 Å². The summed E-state index contributed by atoms with van der Waals surface area (Å²) in [7, 11) is 0. The first-order valence-corrected chi connectivity index (χ1v) is 9.45. The molecule has 1 unspecified atom stereocenters. The Morgan fingerprint density at radius 2 is 1.77 bits per heavy atom. The van der Waals surface area contributed by atoms with Crippen LogP contribution in [0.1, 0.15) is 51.9 Å². The maximum atomic E-state index is 12.2. The lowest BCUT2D eigenvalue weighted by atomic mass is 9.81. The number of rotatable bonds is 9. The van der Waals surface area contributed by atoms with E-state index in [1.807, 2.05) is 0 Å². The van der Waals surface area contributed by atoms with Gasteiger partial charge < -0.3 is 11.1 Å². The number of amides is 3. The van der Waals surface area contributed by atoms with Gasteiger partial charge in [0.15, 0.2) is 0 Å². The number of hydrogen-bond acceptors (Lipinski definition) is 5. The molecule has 1 fully saturated rings. The molecule has 1 aliphatic heterocycles. The van der Waals surface area contributed by atoms with Crippen molar-refractivity contribution in [1.29, 1.82) is 0 Å². The zero-order valence-corrected chi connectivity index (χ0v) is 15.4. The molecule has 1 atom stereocenters. The van der Waals surface area contributed by atoms with Gasteiger partial charge in [-0.15, -0.1) is 0 Å². The van der Waals surface area contributed by atoms with E-state index in [1.54, 1.807) is 0 Å². The fourth-order valence-electron chi connectivity index (χ4n) is 3.52. The molecule has 144 valence electrons. The normalized spacial score (nSPS) is 24.0. The van der Waals surface area contributed by atoms with Crippen LogP contribution >= 0.6 is 0 Å². The van der Waals surface area contributed by atoms with E-state index >= 15 is 0 Å². The quantitative estimate of drug-likeness (QED) is 0.468. The minimum Gasteiger partial charge on any atom is -0.356 e. The fraction of sp³-hybridized carbons (Fsp3) is 0.684. The van der Waals surface area contributed by atoms with E-state index in [1.165, 1.54) is 24.0 Å². The summed E-state index contributed by atoms with van der Waals surface area (Å²) in [6, 6.07) is -0.398. The summed E-state index contributed by atoms with van der Waals surface area (Å²) in [5.41, 5.74) is 5.68. The number of hydrogen-bond donors (Lipinski definition) is 2. The minimum absolute atomic E-state index is 0.00101. The number of unbranched alkanes of at least 4 members (excludes halogenated alkanes) is 1. The van der Waals surface area contributed by atoms with Gasteiger partial charge in [0.2, 0.25) is 5.91 Å².